The van der Waals surface area contributed by atoms with Gasteiger partial charge in [0.2, 0.25) is 10.0 Å². The molecule has 2 rings (SSSR count). The minimum Gasteiger partial charge on any atom is -0.319 e. The molecule has 1 aliphatic carbocycles. The fraction of sp³-hybridized carbons (Fsp3) is 1.00. The van der Waals surface area contributed by atoms with E-state index in [1.807, 2.05) is 0 Å². The SMILES string of the molecule is CNCCS(=O)(=O)N1CCN(CC2CC2)CC1. The first kappa shape index (κ1) is 13.3. The standard InChI is InChI=1S/C11H23N3O2S/c1-12-4-9-17(15,16)14-7-5-13(6-8-14)10-11-2-3-11/h11-12H,2-10H2,1H3. The lowest BCUT2D eigenvalue weighted by Gasteiger charge is -2.34. The molecule has 0 radical (unpaired) electrons. The predicted octanol–water partition coefficient (Wildman–Crippen LogP) is -0.437. The summed E-state index contributed by atoms with van der Waals surface area (Å²) in [6, 6.07) is 0. The Morgan fingerprint density at radius 3 is 2.35 bits per heavy atom. The molecule has 1 saturated heterocycles. The molecule has 2 fully saturated rings. The molecular formula is C11H23N3O2S. The van der Waals surface area contributed by atoms with Crippen LogP contribution >= 0.6 is 0 Å². The Labute approximate surface area is 104 Å². The zero-order valence-electron chi connectivity index (χ0n) is 10.6. The van der Waals surface area contributed by atoms with E-state index in [1.165, 1.54) is 19.4 Å². The molecular weight excluding hydrogens is 238 g/mol. The molecule has 0 atom stereocenters. The Balaban J connectivity index is 1.76. The van der Waals surface area contributed by atoms with Gasteiger partial charge in [-0.05, 0) is 25.8 Å². The molecule has 0 aromatic carbocycles. The molecule has 0 unspecified atom stereocenters. The zero-order chi connectivity index (χ0) is 12.3. The average molecular weight is 261 g/mol. The molecule has 1 saturated carbocycles. The van der Waals surface area contributed by atoms with Crippen molar-refractivity contribution in [2.24, 2.45) is 5.92 Å². The monoisotopic (exact) mass is 261 g/mol. The van der Waals surface area contributed by atoms with Gasteiger partial charge in [0, 0.05) is 39.3 Å². The number of hydrogen-bond acceptors (Lipinski definition) is 4. The van der Waals surface area contributed by atoms with Crippen LogP contribution < -0.4 is 5.32 Å². The molecule has 2 aliphatic rings. The van der Waals surface area contributed by atoms with Crippen molar-refractivity contribution in [1.82, 2.24) is 14.5 Å². The van der Waals surface area contributed by atoms with Crippen LogP contribution in [0.2, 0.25) is 0 Å². The molecule has 1 heterocycles. The number of hydrogen-bond donors (Lipinski definition) is 1. The maximum atomic E-state index is 12.0. The van der Waals surface area contributed by atoms with E-state index < -0.39 is 10.0 Å². The Morgan fingerprint density at radius 2 is 1.82 bits per heavy atom. The third-order valence-electron chi connectivity index (χ3n) is 3.55. The summed E-state index contributed by atoms with van der Waals surface area (Å²) >= 11 is 0. The van der Waals surface area contributed by atoms with Gasteiger partial charge in [-0.2, -0.15) is 4.31 Å². The van der Waals surface area contributed by atoms with E-state index in [0.717, 1.165) is 19.0 Å². The van der Waals surface area contributed by atoms with Gasteiger partial charge in [-0.25, -0.2) is 8.42 Å². The molecule has 100 valence electrons. The van der Waals surface area contributed by atoms with Crippen molar-refractivity contribution >= 4 is 10.0 Å². The van der Waals surface area contributed by atoms with E-state index >= 15 is 0 Å². The van der Waals surface area contributed by atoms with E-state index in [0.29, 0.717) is 19.6 Å². The fourth-order valence-corrected chi connectivity index (χ4v) is 3.66. The maximum Gasteiger partial charge on any atom is 0.215 e. The van der Waals surface area contributed by atoms with Crippen LogP contribution in [-0.4, -0.2) is 69.7 Å². The predicted molar refractivity (Wildman–Crippen MR) is 68.5 cm³/mol. The normalized spacial score (nSPS) is 24.1. The lowest BCUT2D eigenvalue weighted by Crippen LogP contribution is -2.50. The van der Waals surface area contributed by atoms with Gasteiger partial charge in [-0.1, -0.05) is 0 Å². The fourth-order valence-electron chi connectivity index (χ4n) is 2.22. The Morgan fingerprint density at radius 1 is 1.18 bits per heavy atom. The highest BCUT2D eigenvalue weighted by Crippen LogP contribution is 2.30. The summed E-state index contributed by atoms with van der Waals surface area (Å²) in [4.78, 5) is 2.40. The molecule has 0 spiro atoms. The second-order valence-corrected chi connectivity index (χ2v) is 7.15. The van der Waals surface area contributed by atoms with Crippen LogP contribution in [0.3, 0.4) is 0 Å². The summed E-state index contributed by atoms with van der Waals surface area (Å²) in [5, 5.41) is 2.89. The van der Waals surface area contributed by atoms with Gasteiger partial charge in [0.05, 0.1) is 5.75 Å². The molecule has 1 N–H and O–H groups in total. The highest BCUT2D eigenvalue weighted by Gasteiger charge is 2.29. The van der Waals surface area contributed by atoms with Gasteiger partial charge in [0.25, 0.3) is 0 Å². The highest BCUT2D eigenvalue weighted by molar-refractivity contribution is 7.89. The molecule has 0 aromatic heterocycles. The van der Waals surface area contributed by atoms with Crippen LogP contribution in [0.15, 0.2) is 0 Å². The number of rotatable bonds is 6. The van der Waals surface area contributed by atoms with Crippen LogP contribution in [0, 0.1) is 5.92 Å². The van der Waals surface area contributed by atoms with Crippen molar-refractivity contribution < 1.29 is 8.42 Å². The van der Waals surface area contributed by atoms with Crippen molar-refractivity contribution in [3.63, 3.8) is 0 Å². The first-order valence-electron chi connectivity index (χ1n) is 6.46. The quantitative estimate of drug-likeness (QED) is 0.704. The number of sulfonamides is 1. The second kappa shape index (κ2) is 5.65. The van der Waals surface area contributed by atoms with Crippen LogP contribution in [0.5, 0.6) is 0 Å². The summed E-state index contributed by atoms with van der Waals surface area (Å²) in [6.07, 6.45) is 2.72. The van der Waals surface area contributed by atoms with Gasteiger partial charge in [-0.3, -0.25) is 0 Å². The minimum atomic E-state index is -3.04. The Bertz CT molecular complexity index is 333. The van der Waals surface area contributed by atoms with Crippen molar-refractivity contribution in [1.29, 1.82) is 0 Å². The largest absolute Gasteiger partial charge is 0.319 e. The van der Waals surface area contributed by atoms with Gasteiger partial charge in [0.15, 0.2) is 0 Å². The minimum absolute atomic E-state index is 0.214. The summed E-state index contributed by atoms with van der Waals surface area (Å²) < 4.78 is 25.6. The van der Waals surface area contributed by atoms with E-state index in [4.69, 9.17) is 0 Å². The van der Waals surface area contributed by atoms with Crippen LogP contribution in [0.1, 0.15) is 12.8 Å². The number of piperazine rings is 1. The smallest absolute Gasteiger partial charge is 0.215 e. The second-order valence-electron chi connectivity index (χ2n) is 5.06. The van der Waals surface area contributed by atoms with Gasteiger partial charge in [0.1, 0.15) is 0 Å². The van der Waals surface area contributed by atoms with Crippen LogP contribution in [0.4, 0.5) is 0 Å². The zero-order valence-corrected chi connectivity index (χ0v) is 11.4. The van der Waals surface area contributed by atoms with E-state index in [9.17, 15) is 8.42 Å². The first-order chi connectivity index (χ1) is 8.12. The van der Waals surface area contributed by atoms with Crippen LogP contribution in [0.25, 0.3) is 0 Å². The summed E-state index contributed by atoms with van der Waals surface area (Å²) in [7, 11) is -1.26. The van der Waals surface area contributed by atoms with Crippen molar-refractivity contribution in [3.05, 3.63) is 0 Å². The Kier molecular flexibility index (Phi) is 4.41. The maximum absolute atomic E-state index is 12.0. The lowest BCUT2D eigenvalue weighted by molar-refractivity contribution is 0.182. The van der Waals surface area contributed by atoms with Gasteiger partial charge >= 0.3 is 0 Å². The molecule has 6 heteroatoms. The van der Waals surface area contributed by atoms with Crippen molar-refractivity contribution in [2.75, 3.05) is 52.1 Å². The third-order valence-corrected chi connectivity index (χ3v) is 5.42. The van der Waals surface area contributed by atoms with E-state index in [1.54, 1.807) is 11.4 Å². The highest BCUT2D eigenvalue weighted by atomic mass is 32.2. The Hall–Kier alpha value is -0.170. The molecule has 0 aromatic rings. The van der Waals surface area contributed by atoms with Crippen LogP contribution in [-0.2, 0) is 10.0 Å². The number of nitrogens with zero attached hydrogens (tertiary/aromatic N) is 2. The first-order valence-corrected chi connectivity index (χ1v) is 8.07. The average Bonchev–Trinajstić information content (AvgIpc) is 3.11. The van der Waals surface area contributed by atoms with Gasteiger partial charge in [-0.15, -0.1) is 0 Å². The molecule has 5 nitrogen and oxygen atoms in total. The van der Waals surface area contributed by atoms with E-state index in [2.05, 4.69) is 10.2 Å². The topological polar surface area (TPSA) is 52.7 Å². The van der Waals surface area contributed by atoms with Crippen molar-refractivity contribution in [2.45, 2.75) is 12.8 Å². The molecule has 17 heavy (non-hydrogen) atoms. The summed E-state index contributed by atoms with van der Waals surface area (Å²) in [5.74, 6) is 1.11. The number of nitrogens with one attached hydrogen (secondary N) is 1. The van der Waals surface area contributed by atoms with Crippen molar-refractivity contribution in [3.8, 4) is 0 Å². The summed E-state index contributed by atoms with van der Waals surface area (Å²) in [5.41, 5.74) is 0. The summed E-state index contributed by atoms with van der Waals surface area (Å²) in [6.45, 7) is 4.83. The lowest BCUT2D eigenvalue weighted by atomic mass is 10.3. The third kappa shape index (κ3) is 3.91. The van der Waals surface area contributed by atoms with Gasteiger partial charge < -0.3 is 10.2 Å². The van der Waals surface area contributed by atoms with E-state index in [-0.39, 0.29) is 5.75 Å². The molecule has 0 amide bonds. The molecule has 0 bridgehead atoms. The molecule has 1 aliphatic heterocycles.